The summed E-state index contributed by atoms with van der Waals surface area (Å²) in [4.78, 5) is 22.6. The Balaban J connectivity index is 1.69. The van der Waals surface area contributed by atoms with E-state index in [0.29, 0.717) is 17.9 Å². The number of rotatable bonds is 6. The molecule has 3 aromatic rings. The number of carbonyl (C=O) groups is 1. The predicted octanol–water partition coefficient (Wildman–Crippen LogP) is 6.02. The third kappa shape index (κ3) is 5.26. The van der Waals surface area contributed by atoms with Crippen molar-refractivity contribution in [1.29, 1.82) is 0 Å². The number of hydrogen-bond donors (Lipinski definition) is 2. The molecule has 1 heterocycles. The van der Waals surface area contributed by atoms with E-state index in [-0.39, 0.29) is 18.1 Å². The van der Waals surface area contributed by atoms with Crippen LogP contribution in [0.1, 0.15) is 31.5 Å². The zero-order chi connectivity index (χ0) is 23.4. The standard InChI is InChI=1S/C28H27N3O2/c1-18(2)8-7-9-19(3)16-25(33)30-28-26(20-10-5-4-6-11-20)31-27-23-14-13-22(32)17-21(23)12-15-24(27)29-28/h4-11,13-14,17,32H,1,12,15-16H2,2-3H3,(H,29,30,33)/b8-7-,19-9+. The lowest BCUT2D eigenvalue weighted by Crippen LogP contribution is -2.17. The van der Waals surface area contributed by atoms with Crippen molar-refractivity contribution >= 4 is 11.7 Å². The first kappa shape index (κ1) is 22.2. The fourth-order valence-electron chi connectivity index (χ4n) is 3.88. The number of anilines is 1. The summed E-state index contributed by atoms with van der Waals surface area (Å²) in [5, 5.41) is 12.9. The molecule has 0 unspecified atom stereocenters. The largest absolute Gasteiger partial charge is 0.508 e. The maximum absolute atomic E-state index is 12.8. The Morgan fingerprint density at radius 1 is 1.09 bits per heavy atom. The number of nitrogens with one attached hydrogen (secondary N) is 1. The molecule has 0 aliphatic heterocycles. The summed E-state index contributed by atoms with van der Waals surface area (Å²) in [6.45, 7) is 7.68. The first-order valence-corrected chi connectivity index (χ1v) is 11.0. The number of amides is 1. The fourth-order valence-corrected chi connectivity index (χ4v) is 3.88. The van der Waals surface area contributed by atoms with Crippen LogP contribution in [0.15, 0.2) is 84.5 Å². The third-order valence-corrected chi connectivity index (χ3v) is 5.45. The molecular weight excluding hydrogens is 410 g/mol. The van der Waals surface area contributed by atoms with Gasteiger partial charge >= 0.3 is 0 Å². The molecule has 2 aromatic carbocycles. The van der Waals surface area contributed by atoms with Gasteiger partial charge in [-0.15, -0.1) is 0 Å². The number of allylic oxidation sites excluding steroid dienone is 4. The second-order valence-corrected chi connectivity index (χ2v) is 8.37. The third-order valence-electron chi connectivity index (χ3n) is 5.45. The molecule has 5 nitrogen and oxygen atoms in total. The van der Waals surface area contributed by atoms with Crippen LogP contribution in [0.2, 0.25) is 0 Å². The van der Waals surface area contributed by atoms with E-state index in [9.17, 15) is 9.90 Å². The second kappa shape index (κ2) is 9.65. The number of phenolic OH excluding ortho intramolecular Hbond substituents is 1. The lowest BCUT2D eigenvalue weighted by atomic mass is 9.91. The van der Waals surface area contributed by atoms with Crippen molar-refractivity contribution in [2.24, 2.45) is 0 Å². The van der Waals surface area contributed by atoms with E-state index in [1.165, 1.54) is 0 Å². The van der Waals surface area contributed by atoms with Crippen LogP contribution < -0.4 is 5.32 Å². The minimum absolute atomic E-state index is 0.139. The molecule has 5 heteroatoms. The van der Waals surface area contributed by atoms with Gasteiger partial charge in [-0.25, -0.2) is 9.97 Å². The zero-order valence-electron chi connectivity index (χ0n) is 18.9. The smallest absolute Gasteiger partial charge is 0.229 e. The van der Waals surface area contributed by atoms with Crippen molar-refractivity contribution in [3.63, 3.8) is 0 Å². The molecule has 1 amide bonds. The number of benzene rings is 2. The molecule has 4 rings (SSSR count). The maximum atomic E-state index is 12.8. The van der Waals surface area contributed by atoms with Gasteiger partial charge in [-0.2, -0.15) is 0 Å². The van der Waals surface area contributed by atoms with Crippen molar-refractivity contribution in [3.05, 3.63) is 95.7 Å². The van der Waals surface area contributed by atoms with E-state index in [2.05, 4.69) is 11.9 Å². The minimum Gasteiger partial charge on any atom is -0.508 e. The Morgan fingerprint density at radius 3 is 2.64 bits per heavy atom. The maximum Gasteiger partial charge on any atom is 0.229 e. The summed E-state index contributed by atoms with van der Waals surface area (Å²) in [7, 11) is 0. The number of aryl methyl sites for hydroxylation is 2. The summed E-state index contributed by atoms with van der Waals surface area (Å²) in [6, 6.07) is 15.1. The van der Waals surface area contributed by atoms with E-state index < -0.39 is 0 Å². The van der Waals surface area contributed by atoms with Crippen molar-refractivity contribution in [1.82, 2.24) is 9.97 Å². The molecule has 0 fully saturated rings. The number of carbonyl (C=O) groups excluding carboxylic acids is 1. The Hall–Kier alpha value is -3.99. The van der Waals surface area contributed by atoms with E-state index in [0.717, 1.165) is 45.6 Å². The van der Waals surface area contributed by atoms with Gasteiger partial charge in [0.1, 0.15) is 11.4 Å². The highest BCUT2D eigenvalue weighted by Gasteiger charge is 2.23. The van der Waals surface area contributed by atoms with Crippen LogP contribution in [0.3, 0.4) is 0 Å². The lowest BCUT2D eigenvalue weighted by Gasteiger charge is -2.21. The molecule has 0 saturated heterocycles. The quantitative estimate of drug-likeness (QED) is 0.462. The van der Waals surface area contributed by atoms with Crippen LogP contribution in [0.25, 0.3) is 22.5 Å². The number of hydrogen-bond acceptors (Lipinski definition) is 4. The van der Waals surface area contributed by atoms with E-state index >= 15 is 0 Å². The van der Waals surface area contributed by atoms with Gasteiger partial charge < -0.3 is 10.4 Å². The van der Waals surface area contributed by atoms with Crippen molar-refractivity contribution in [3.8, 4) is 28.3 Å². The van der Waals surface area contributed by atoms with Crippen molar-refractivity contribution in [2.75, 3.05) is 5.32 Å². The molecule has 1 aliphatic carbocycles. The van der Waals surface area contributed by atoms with Gasteiger partial charge in [-0.05, 0) is 50.5 Å². The summed E-state index contributed by atoms with van der Waals surface area (Å²) in [5.41, 5.74) is 7.07. The molecule has 33 heavy (non-hydrogen) atoms. The van der Waals surface area contributed by atoms with Gasteiger partial charge in [0.05, 0.1) is 11.4 Å². The van der Waals surface area contributed by atoms with E-state index in [1.807, 2.05) is 68.5 Å². The number of fused-ring (bicyclic) bond motifs is 3. The Bertz CT molecular complexity index is 1270. The number of nitrogens with zero attached hydrogens (tertiary/aromatic N) is 2. The molecule has 1 aromatic heterocycles. The molecule has 0 saturated carbocycles. The van der Waals surface area contributed by atoms with Crippen molar-refractivity contribution < 1.29 is 9.90 Å². The first-order valence-electron chi connectivity index (χ1n) is 11.0. The van der Waals surface area contributed by atoms with Gasteiger partial charge in [0.2, 0.25) is 5.91 Å². The van der Waals surface area contributed by atoms with Gasteiger partial charge in [0.25, 0.3) is 0 Å². The molecule has 2 N–H and O–H groups in total. The molecule has 1 aliphatic rings. The molecule has 0 bridgehead atoms. The fraction of sp³-hybridized carbons (Fsp3) is 0.179. The highest BCUT2D eigenvalue weighted by Crippen LogP contribution is 2.36. The van der Waals surface area contributed by atoms with Crippen LogP contribution in [0.5, 0.6) is 5.75 Å². The number of phenols is 1. The Labute approximate surface area is 194 Å². The summed E-state index contributed by atoms with van der Waals surface area (Å²) >= 11 is 0. The molecule has 0 atom stereocenters. The van der Waals surface area contributed by atoms with Gasteiger partial charge in [0.15, 0.2) is 5.82 Å². The summed E-state index contributed by atoms with van der Waals surface area (Å²) < 4.78 is 0. The zero-order valence-corrected chi connectivity index (χ0v) is 18.9. The van der Waals surface area contributed by atoms with Gasteiger partial charge in [-0.3, -0.25) is 4.79 Å². The van der Waals surface area contributed by atoms with Crippen LogP contribution >= 0.6 is 0 Å². The van der Waals surface area contributed by atoms with E-state index in [1.54, 1.807) is 12.1 Å². The first-order chi connectivity index (χ1) is 15.9. The highest BCUT2D eigenvalue weighted by molar-refractivity contribution is 5.95. The second-order valence-electron chi connectivity index (χ2n) is 8.37. The minimum atomic E-state index is -0.139. The van der Waals surface area contributed by atoms with Gasteiger partial charge in [-0.1, -0.05) is 66.3 Å². The van der Waals surface area contributed by atoms with Crippen LogP contribution in [0, 0.1) is 0 Å². The van der Waals surface area contributed by atoms with Crippen LogP contribution in [-0.4, -0.2) is 21.0 Å². The highest BCUT2D eigenvalue weighted by atomic mass is 16.3. The van der Waals surface area contributed by atoms with E-state index in [4.69, 9.17) is 9.97 Å². The van der Waals surface area contributed by atoms with Crippen LogP contribution in [-0.2, 0) is 17.6 Å². The topological polar surface area (TPSA) is 75.1 Å². The van der Waals surface area contributed by atoms with Gasteiger partial charge in [0, 0.05) is 17.5 Å². The monoisotopic (exact) mass is 437 g/mol. The molecular formula is C28H27N3O2. The number of aromatic hydroxyl groups is 1. The Kier molecular flexibility index (Phi) is 6.50. The lowest BCUT2D eigenvalue weighted by molar-refractivity contribution is -0.115. The average molecular weight is 438 g/mol. The summed E-state index contributed by atoms with van der Waals surface area (Å²) in [5.74, 6) is 0.580. The van der Waals surface area contributed by atoms with Crippen molar-refractivity contribution in [2.45, 2.75) is 33.1 Å². The predicted molar refractivity (Wildman–Crippen MR) is 133 cm³/mol. The molecule has 166 valence electrons. The summed E-state index contributed by atoms with van der Waals surface area (Å²) in [6.07, 6.45) is 7.43. The Morgan fingerprint density at radius 2 is 1.88 bits per heavy atom. The normalized spacial score (nSPS) is 12.8. The average Bonchev–Trinajstić information content (AvgIpc) is 2.78. The SMILES string of the molecule is C=C(C)/C=C\C=C(/C)CC(=O)Nc1nc2c(nc1-c1ccccc1)-c1ccc(O)cc1CC2. The molecule has 0 radical (unpaired) electrons. The van der Waals surface area contributed by atoms with Crippen LogP contribution in [0.4, 0.5) is 5.82 Å². The molecule has 0 spiro atoms. The number of aromatic nitrogens is 2.